The van der Waals surface area contributed by atoms with E-state index in [2.05, 4.69) is 0 Å². The largest absolute Gasteiger partial charge is 0.493 e. The third-order valence-electron chi connectivity index (χ3n) is 5.90. The molecule has 0 N–H and O–H groups in total. The molecular formula is C23H28N2O3S. The number of ether oxygens (including phenoxy) is 1. The second-order valence-corrected chi connectivity index (χ2v) is 8.72. The Labute approximate surface area is 176 Å². The first-order chi connectivity index (χ1) is 14.2. The van der Waals surface area contributed by atoms with E-state index in [0.717, 1.165) is 68.7 Å². The van der Waals surface area contributed by atoms with E-state index in [1.165, 1.54) is 6.42 Å². The molecule has 0 atom stereocenters. The monoisotopic (exact) mass is 412 g/mol. The van der Waals surface area contributed by atoms with Gasteiger partial charge in [0, 0.05) is 37.1 Å². The molecule has 1 aromatic carbocycles. The Bertz CT molecular complexity index is 805. The van der Waals surface area contributed by atoms with Crippen LogP contribution in [0.4, 0.5) is 0 Å². The minimum absolute atomic E-state index is 0.124. The first kappa shape index (κ1) is 20.0. The molecule has 0 unspecified atom stereocenters. The summed E-state index contributed by atoms with van der Waals surface area (Å²) in [6, 6.07) is 9.42. The van der Waals surface area contributed by atoms with Gasteiger partial charge in [0.2, 0.25) is 0 Å². The van der Waals surface area contributed by atoms with Gasteiger partial charge >= 0.3 is 0 Å². The molecule has 4 rings (SSSR count). The summed E-state index contributed by atoms with van der Waals surface area (Å²) in [5.41, 5.74) is 1.53. The maximum Gasteiger partial charge on any atom is 0.254 e. The van der Waals surface area contributed by atoms with Gasteiger partial charge in [-0.1, -0.05) is 0 Å². The van der Waals surface area contributed by atoms with Crippen LogP contribution in [0.5, 0.6) is 5.75 Å². The summed E-state index contributed by atoms with van der Waals surface area (Å²) < 4.78 is 5.97. The topological polar surface area (TPSA) is 49.9 Å². The van der Waals surface area contributed by atoms with Crippen molar-refractivity contribution in [1.82, 2.24) is 9.80 Å². The predicted molar refractivity (Wildman–Crippen MR) is 115 cm³/mol. The van der Waals surface area contributed by atoms with E-state index < -0.39 is 0 Å². The highest BCUT2D eigenvalue weighted by molar-refractivity contribution is 7.08. The smallest absolute Gasteiger partial charge is 0.254 e. The molecule has 5 nitrogen and oxygen atoms in total. The van der Waals surface area contributed by atoms with Gasteiger partial charge in [-0.15, -0.1) is 0 Å². The lowest BCUT2D eigenvalue weighted by molar-refractivity contribution is 0.0660. The van der Waals surface area contributed by atoms with Crippen molar-refractivity contribution in [2.75, 3.05) is 32.8 Å². The molecule has 0 radical (unpaired) electrons. The summed E-state index contributed by atoms with van der Waals surface area (Å²) >= 11 is 1.56. The van der Waals surface area contributed by atoms with Crippen LogP contribution < -0.4 is 4.74 Å². The van der Waals surface area contributed by atoms with Gasteiger partial charge in [-0.2, -0.15) is 11.3 Å². The Morgan fingerprint density at radius 2 is 1.52 bits per heavy atom. The molecule has 2 fully saturated rings. The normalized spacial score (nSPS) is 17.9. The molecule has 0 spiro atoms. The lowest BCUT2D eigenvalue weighted by atomic mass is 9.97. The number of benzene rings is 1. The highest BCUT2D eigenvalue weighted by atomic mass is 32.1. The lowest BCUT2D eigenvalue weighted by Crippen LogP contribution is -2.39. The van der Waals surface area contributed by atoms with Gasteiger partial charge in [0.25, 0.3) is 11.8 Å². The van der Waals surface area contributed by atoms with E-state index in [4.69, 9.17) is 4.74 Å². The van der Waals surface area contributed by atoms with Crippen LogP contribution in [0.25, 0.3) is 0 Å². The maximum absolute atomic E-state index is 12.5. The van der Waals surface area contributed by atoms with E-state index in [0.29, 0.717) is 12.5 Å². The highest BCUT2D eigenvalue weighted by Gasteiger charge is 2.24. The van der Waals surface area contributed by atoms with Gasteiger partial charge < -0.3 is 14.5 Å². The fraction of sp³-hybridized carbons (Fsp3) is 0.478. The molecule has 0 saturated carbocycles. The molecule has 2 saturated heterocycles. The molecule has 3 heterocycles. The van der Waals surface area contributed by atoms with Crippen LogP contribution in [-0.4, -0.2) is 54.4 Å². The number of carbonyl (C=O) groups excluding carboxylic acids is 2. The highest BCUT2D eigenvalue weighted by Crippen LogP contribution is 2.22. The van der Waals surface area contributed by atoms with Crippen LogP contribution in [0.2, 0.25) is 0 Å². The summed E-state index contributed by atoms with van der Waals surface area (Å²) in [5.74, 6) is 1.52. The third-order valence-corrected chi connectivity index (χ3v) is 6.58. The Morgan fingerprint density at radius 3 is 2.17 bits per heavy atom. The summed E-state index contributed by atoms with van der Waals surface area (Å²) in [7, 11) is 0. The van der Waals surface area contributed by atoms with Crippen LogP contribution in [-0.2, 0) is 0 Å². The molecule has 154 valence electrons. The summed E-state index contributed by atoms with van der Waals surface area (Å²) in [4.78, 5) is 28.9. The third kappa shape index (κ3) is 4.99. The van der Waals surface area contributed by atoms with Gasteiger partial charge in [-0.3, -0.25) is 9.59 Å². The fourth-order valence-electron chi connectivity index (χ4n) is 4.06. The Kier molecular flexibility index (Phi) is 6.49. The van der Waals surface area contributed by atoms with Gasteiger partial charge in [0.1, 0.15) is 5.75 Å². The van der Waals surface area contributed by atoms with Crippen LogP contribution >= 0.6 is 11.3 Å². The van der Waals surface area contributed by atoms with Gasteiger partial charge in [0.05, 0.1) is 12.2 Å². The molecule has 2 aliphatic rings. The van der Waals surface area contributed by atoms with E-state index in [9.17, 15) is 9.59 Å². The average molecular weight is 413 g/mol. The summed E-state index contributed by atoms with van der Waals surface area (Å²) in [5, 5.41) is 3.86. The molecule has 1 aromatic heterocycles. The quantitative estimate of drug-likeness (QED) is 0.735. The molecule has 2 aliphatic heterocycles. The van der Waals surface area contributed by atoms with Crippen molar-refractivity contribution in [3.63, 3.8) is 0 Å². The van der Waals surface area contributed by atoms with Crippen LogP contribution in [0.15, 0.2) is 41.1 Å². The zero-order valence-corrected chi connectivity index (χ0v) is 17.5. The molecule has 29 heavy (non-hydrogen) atoms. The molecular weight excluding hydrogens is 384 g/mol. The zero-order chi connectivity index (χ0) is 20.1. The number of hydrogen-bond donors (Lipinski definition) is 0. The van der Waals surface area contributed by atoms with Gasteiger partial charge in [0.15, 0.2) is 0 Å². The number of thiophene rings is 1. The Morgan fingerprint density at radius 1 is 0.862 bits per heavy atom. The van der Waals surface area contributed by atoms with Crippen LogP contribution in [0, 0.1) is 5.92 Å². The zero-order valence-electron chi connectivity index (χ0n) is 16.7. The van der Waals surface area contributed by atoms with E-state index in [1.807, 2.05) is 50.9 Å². The van der Waals surface area contributed by atoms with Crippen molar-refractivity contribution < 1.29 is 14.3 Å². The van der Waals surface area contributed by atoms with Crippen LogP contribution in [0.1, 0.15) is 52.8 Å². The van der Waals surface area contributed by atoms with Gasteiger partial charge in [-0.25, -0.2) is 0 Å². The Hall–Kier alpha value is -2.34. The number of likely N-dealkylation sites (tertiary alicyclic amines) is 2. The summed E-state index contributed by atoms with van der Waals surface area (Å²) in [6.07, 6.45) is 5.34. The molecule has 2 aromatic rings. The minimum Gasteiger partial charge on any atom is -0.493 e. The minimum atomic E-state index is 0.124. The van der Waals surface area contributed by atoms with E-state index in [-0.39, 0.29) is 11.8 Å². The molecule has 0 aliphatic carbocycles. The standard InChI is InChI=1S/C23H28N2O3S/c26-22(24-11-2-1-3-12-24)19-4-6-21(7-5-19)28-16-18-8-13-25(14-9-18)23(27)20-10-15-29-17-20/h4-7,10,15,17-18H,1-3,8-9,11-14,16H2. The Balaban J connectivity index is 1.22. The molecule has 2 amide bonds. The van der Waals surface area contributed by atoms with Crippen molar-refractivity contribution in [3.8, 4) is 5.75 Å². The number of nitrogens with zero attached hydrogens (tertiary/aromatic N) is 2. The second-order valence-electron chi connectivity index (χ2n) is 7.94. The van der Waals surface area contributed by atoms with Crippen molar-refractivity contribution in [3.05, 3.63) is 52.2 Å². The van der Waals surface area contributed by atoms with Crippen molar-refractivity contribution in [2.45, 2.75) is 32.1 Å². The first-order valence-corrected chi connectivity index (χ1v) is 11.5. The fourth-order valence-corrected chi connectivity index (χ4v) is 4.69. The SMILES string of the molecule is O=C(c1ccc(OCC2CCN(C(=O)c3ccsc3)CC2)cc1)N1CCCCC1. The van der Waals surface area contributed by atoms with Crippen LogP contribution in [0.3, 0.4) is 0 Å². The van der Waals surface area contributed by atoms with Gasteiger partial charge in [-0.05, 0) is 73.7 Å². The number of amides is 2. The van der Waals surface area contributed by atoms with Crippen molar-refractivity contribution in [2.24, 2.45) is 5.92 Å². The molecule has 0 bridgehead atoms. The first-order valence-electron chi connectivity index (χ1n) is 10.5. The average Bonchev–Trinajstić information content (AvgIpc) is 3.33. The number of hydrogen-bond acceptors (Lipinski definition) is 4. The summed E-state index contributed by atoms with van der Waals surface area (Å²) in [6.45, 7) is 3.95. The predicted octanol–water partition coefficient (Wildman–Crippen LogP) is 4.31. The number of piperidine rings is 2. The molecule has 6 heteroatoms. The second kappa shape index (κ2) is 9.44. The van der Waals surface area contributed by atoms with E-state index in [1.54, 1.807) is 11.3 Å². The maximum atomic E-state index is 12.5. The van der Waals surface area contributed by atoms with E-state index >= 15 is 0 Å². The number of carbonyl (C=O) groups is 2. The van der Waals surface area contributed by atoms with Crippen molar-refractivity contribution >= 4 is 23.2 Å². The van der Waals surface area contributed by atoms with Crippen molar-refractivity contribution in [1.29, 1.82) is 0 Å². The lowest BCUT2D eigenvalue weighted by Gasteiger charge is -2.31. The number of rotatable bonds is 5.